The summed E-state index contributed by atoms with van der Waals surface area (Å²) in [5, 5.41) is 2.86. The lowest BCUT2D eigenvalue weighted by molar-refractivity contribution is -0.123. The molecule has 134 valence electrons. The third-order valence-corrected chi connectivity index (χ3v) is 4.79. The van der Waals surface area contributed by atoms with Gasteiger partial charge in [-0.1, -0.05) is 28.1 Å². The number of halogens is 1. The number of ether oxygens (including phenoxy) is 2. The Hall–Kier alpha value is -2.01. The monoisotopic (exact) mass is 405 g/mol. The van der Waals surface area contributed by atoms with Gasteiger partial charge < -0.3 is 14.8 Å². The third kappa shape index (κ3) is 6.09. The molecule has 0 spiro atoms. The van der Waals surface area contributed by atoms with E-state index in [-0.39, 0.29) is 18.6 Å². The van der Waals surface area contributed by atoms with Gasteiger partial charge in [0.05, 0.1) is 6.10 Å². The first kappa shape index (κ1) is 19.3. The maximum absolute atomic E-state index is 12.0. The standard InChI is InChI=1S/C20H24BrNO3/c1-13(2)25-17-7-5-6-16(10-17)11-22-19(23)12-24-18-8-14(3)20(21)15(4)9-18/h5-10,13H,11-12H2,1-4H3,(H,22,23). The van der Waals surface area contributed by atoms with Crippen molar-refractivity contribution in [1.82, 2.24) is 5.32 Å². The van der Waals surface area contributed by atoms with E-state index in [1.807, 2.05) is 64.1 Å². The molecule has 0 saturated heterocycles. The van der Waals surface area contributed by atoms with Crippen LogP contribution >= 0.6 is 15.9 Å². The Labute approximate surface area is 157 Å². The molecule has 0 radical (unpaired) electrons. The number of carbonyl (C=O) groups excluding carboxylic acids is 1. The normalized spacial score (nSPS) is 10.6. The van der Waals surface area contributed by atoms with Gasteiger partial charge >= 0.3 is 0 Å². The van der Waals surface area contributed by atoms with E-state index < -0.39 is 0 Å². The SMILES string of the molecule is Cc1cc(OCC(=O)NCc2cccc(OC(C)C)c2)cc(C)c1Br. The van der Waals surface area contributed by atoms with E-state index in [9.17, 15) is 4.79 Å². The van der Waals surface area contributed by atoms with Crippen LogP contribution in [0.3, 0.4) is 0 Å². The van der Waals surface area contributed by atoms with E-state index >= 15 is 0 Å². The summed E-state index contributed by atoms with van der Waals surface area (Å²) in [4.78, 5) is 12.0. The Bertz CT molecular complexity index is 720. The molecule has 0 saturated carbocycles. The third-order valence-electron chi connectivity index (χ3n) is 3.54. The maximum atomic E-state index is 12.0. The van der Waals surface area contributed by atoms with E-state index in [4.69, 9.17) is 9.47 Å². The molecule has 25 heavy (non-hydrogen) atoms. The molecule has 4 nitrogen and oxygen atoms in total. The largest absolute Gasteiger partial charge is 0.491 e. The fraction of sp³-hybridized carbons (Fsp3) is 0.350. The molecule has 0 aliphatic carbocycles. The first-order valence-corrected chi connectivity index (χ1v) is 9.06. The summed E-state index contributed by atoms with van der Waals surface area (Å²) in [6.45, 7) is 8.39. The van der Waals surface area contributed by atoms with Crippen LogP contribution in [0.1, 0.15) is 30.5 Å². The van der Waals surface area contributed by atoms with Crippen LogP contribution in [0, 0.1) is 13.8 Å². The second kappa shape index (κ2) is 8.90. The summed E-state index contributed by atoms with van der Waals surface area (Å²) < 4.78 is 12.3. The summed E-state index contributed by atoms with van der Waals surface area (Å²) in [7, 11) is 0. The summed E-state index contributed by atoms with van der Waals surface area (Å²) >= 11 is 3.52. The van der Waals surface area contributed by atoms with E-state index in [1.165, 1.54) is 0 Å². The van der Waals surface area contributed by atoms with Crippen molar-refractivity contribution in [2.24, 2.45) is 0 Å². The van der Waals surface area contributed by atoms with E-state index in [0.717, 1.165) is 26.9 Å². The van der Waals surface area contributed by atoms with E-state index in [2.05, 4.69) is 21.2 Å². The number of aryl methyl sites for hydroxylation is 2. The van der Waals surface area contributed by atoms with E-state index in [0.29, 0.717) is 12.3 Å². The van der Waals surface area contributed by atoms with E-state index in [1.54, 1.807) is 0 Å². The first-order valence-electron chi connectivity index (χ1n) is 8.27. The van der Waals surface area contributed by atoms with Crippen molar-refractivity contribution in [2.75, 3.05) is 6.61 Å². The van der Waals surface area contributed by atoms with Gasteiger partial charge in [0, 0.05) is 11.0 Å². The van der Waals surface area contributed by atoms with Crippen molar-refractivity contribution in [1.29, 1.82) is 0 Å². The molecule has 0 aliphatic heterocycles. The van der Waals surface area contributed by atoms with Crippen LogP contribution in [-0.2, 0) is 11.3 Å². The van der Waals surface area contributed by atoms with Crippen LogP contribution in [0.4, 0.5) is 0 Å². The minimum absolute atomic E-state index is 0.0112. The molecule has 0 atom stereocenters. The maximum Gasteiger partial charge on any atom is 0.258 e. The molecule has 2 aromatic rings. The molecule has 5 heteroatoms. The molecule has 0 bridgehead atoms. The molecule has 1 amide bonds. The Morgan fingerprint density at radius 2 is 1.80 bits per heavy atom. The number of amides is 1. The van der Waals surface area contributed by atoms with Gasteiger partial charge in [-0.2, -0.15) is 0 Å². The quantitative estimate of drug-likeness (QED) is 0.734. The summed E-state index contributed by atoms with van der Waals surface area (Å²) in [6.07, 6.45) is 0.121. The molecule has 0 aromatic heterocycles. The van der Waals surface area contributed by atoms with Crippen LogP contribution in [0.15, 0.2) is 40.9 Å². The van der Waals surface area contributed by atoms with Crippen molar-refractivity contribution in [3.05, 3.63) is 57.6 Å². The van der Waals surface area contributed by atoms with Crippen LogP contribution in [0.2, 0.25) is 0 Å². The lowest BCUT2D eigenvalue weighted by Crippen LogP contribution is -2.28. The molecule has 0 aliphatic rings. The van der Waals surface area contributed by atoms with Gasteiger partial charge in [0.15, 0.2) is 6.61 Å². The number of nitrogens with one attached hydrogen (secondary N) is 1. The van der Waals surface area contributed by atoms with Crippen molar-refractivity contribution in [3.8, 4) is 11.5 Å². The lowest BCUT2D eigenvalue weighted by atomic mass is 10.1. The zero-order valence-electron chi connectivity index (χ0n) is 15.1. The minimum atomic E-state index is -0.159. The number of carbonyl (C=O) groups is 1. The van der Waals surface area contributed by atoms with Gasteiger partial charge in [0.1, 0.15) is 11.5 Å². The van der Waals surface area contributed by atoms with Gasteiger partial charge in [-0.25, -0.2) is 0 Å². The Kier molecular flexibility index (Phi) is 6.88. The molecular weight excluding hydrogens is 382 g/mol. The predicted octanol–water partition coefficient (Wildman–Crippen LogP) is 4.55. The highest BCUT2D eigenvalue weighted by Gasteiger charge is 2.07. The van der Waals surface area contributed by atoms with Crippen molar-refractivity contribution < 1.29 is 14.3 Å². The molecule has 0 unspecified atom stereocenters. The number of rotatable bonds is 7. The highest BCUT2D eigenvalue weighted by Crippen LogP contribution is 2.26. The first-order chi connectivity index (χ1) is 11.8. The molecular formula is C20H24BrNO3. The van der Waals surface area contributed by atoms with Gasteiger partial charge in [0.2, 0.25) is 0 Å². The second-order valence-electron chi connectivity index (χ2n) is 6.25. The molecule has 2 aromatic carbocycles. The van der Waals surface area contributed by atoms with Crippen LogP contribution in [-0.4, -0.2) is 18.6 Å². The van der Waals surface area contributed by atoms with Gasteiger partial charge in [-0.3, -0.25) is 4.79 Å². The summed E-state index contributed by atoms with van der Waals surface area (Å²) in [5.41, 5.74) is 3.15. The number of hydrogen-bond acceptors (Lipinski definition) is 3. The van der Waals surface area contributed by atoms with Crippen LogP contribution < -0.4 is 14.8 Å². The fourth-order valence-corrected chi connectivity index (χ4v) is 2.62. The van der Waals surface area contributed by atoms with Crippen molar-refractivity contribution in [3.63, 3.8) is 0 Å². The highest BCUT2D eigenvalue weighted by atomic mass is 79.9. The van der Waals surface area contributed by atoms with Crippen molar-refractivity contribution >= 4 is 21.8 Å². The van der Waals surface area contributed by atoms with Gasteiger partial charge in [-0.15, -0.1) is 0 Å². The molecule has 2 rings (SSSR count). The van der Waals surface area contributed by atoms with Crippen molar-refractivity contribution in [2.45, 2.75) is 40.3 Å². The fourth-order valence-electron chi connectivity index (χ4n) is 2.39. The topological polar surface area (TPSA) is 47.6 Å². The Balaban J connectivity index is 1.85. The van der Waals surface area contributed by atoms with Gasteiger partial charge in [0.25, 0.3) is 5.91 Å². The summed E-state index contributed by atoms with van der Waals surface area (Å²) in [6, 6.07) is 11.5. The predicted molar refractivity (Wildman–Crippen MR) is 103 cm³/mol. The average Bonchev–Trinajstić information content (AvgIpc) is 2.55. The Morgan fingerprint density at radius 3 is 2.44 bits per heavy atom. The van der Waals surface area contributed by atoms with Gasteiger partial charge in [-0.05, 0) is 68.7 Å². The number of hydrogen-bond donors (Lipinski definition) is 1. The molecule has 0 heterocycles. The number of benzene rings is 2. The molecule has 1 N–H and O–H groups in total. The smallest absolute Gasteiger partial charge is 0.258 e. The average molecular weight is 406 g/mol. The summed E-state index contributed by atoms with van der Waals surface area (Å²) in [5.74, 6) is 1.34. The zero-order valence-corrected chi connectivity index (χ0v) is 16.6. The highest BCUT2D eigenvalue weighted by molar-refractivity contribution is 9.10. The second-order valence-corrected chi connectivity index (χ2v) is 7.04. The zero-order chi connectivity index (χ0) is 18.4. The minimum Gasteiger partial charge on any atom is -0.491 e. The van der Waals surface area contributed by atoms with Crippen LogP contribution in [0.5, 0.6) is 11.5 Å². The molecule has 0 fully saturated rings. The van der Waals surface area contributed by atoms with Crippen LogP contribution in [0.25, 0.3) is 0 Å². The Morgan fingerprint density at radius 1 is 1.12 bits per heavy atom. The lowest BCUT2D eigenvalue weighted by Gasteiger charge is -2.12.